The van der Waals surface area contributed by atoms with E-state index < -0.39 is 0 Å². The fourth-order valence-corrected chi connectivity index (χ4v) is 5.53. The Kier molecular flexibility index (Phi) is 6.68. The van der Waals surface area contributed by atoms with Gasteiger partial charge in [0.2, 0.25) is 5.91 Å². The molecule has 0 saturated heterocycles. The molecule has 0 aliphatic heterocycles. The molecule has 38 heavy (non-hydrogen) atoms. The Morgan fingerprint density at radius 1 is 1.03 bits per heavy atom. The molecule has 0 bridgehead atoms. The van der Waals surface area contributed by atoms with Crippen LogP contribution in [0.2, 0.25) is 0 Å². The maximum absolute atomic E-state index is 13.1. The monoisotopic (exact) mass is 565 g/mol. The Hall–Kier alpha value is -3.97. The second-order valence-corrected chi connectivity index (χ2v) is 10.7. The van der Waals surface area contributed by atoms with Crippen LogP contribution in [0, 0.1) is 12.8 Å². The van der Waals surface area contributed by atoms with E-state index >= 15 is 0 Å². The first kappa shape index (κ1) is 24.4. The Morgan fingerprint density at radius 3 is 2.71 bits per heavy atom. The molecule has 2 heterocycles. The summed E-state index contributed by atoms with van der Waals surface area (Å²) in [6.45, 7) is 2.66. The lowest BCUT2D eigenvalue weighted by atomic mass is 9.83. The lowest BCUT2D eigenvalue weighted by molar-refractivity contribution is -0.120. The predicted molar refractivity (Wildman–Crippen MR) is 155 cm³/mol. The molecular weight excluding hydrogens is 538 g/mol. The van der Waals surface area contributed by atoms with Gasteiger partial charge in [-0.05, 0) is 76.5 Å². The van der Waals surface area contributed by atoms with Crippen LogP contribution in [0.25, 0.3) is 16.9 Å². The summed E-state index contributed by atoms with van der Waals surface area (Å²) in [7, 11) is 0. The van der Waals surface area contributed by atoms with E-state index in [1.807, 2.05) is 36.4 Å². The van der Waals surface area contributed by atoms with Gasteiger partial charge in [-0.15, -0.1) is 0 Å². The highest BCUT2D eigenvalue weighted by atomic mass is 79.9. The number of hydrogen-bond donors (Lipinski definition) is 2. The van der Waals surface area contributed by atoms with Gasteiger partial charge in [0, 0.05) is 29.8 Å². The normalized spacial score (nSPS) is 14.7. The Morgan fingerprint density at radius 2 is 1.84 bits per heavy atom. The van der Waals surface area contributed by atoms with E-state index in [1.165, 1.54) is 11.1 Å². The van der Waals surface area contributed by atoms with E-state index in [4.69, 9.17) is 4.98 Å². The lowest BCUT2D eigenvalue weighted by Gasteiger charge is -2.24. The van der Waals surface area contributed by atoms with Crippen LogP contribution in [0.5, 0.6) is 0 Å². The van der Waals surface area contributed by atoms with E-state index in [0.29, 0.717) is 6.54 Å². The first-order valence-corrected chi connectivity index (χ1v) is 13.7. The third-order valence-electron chi connectivity index (χ3n) is 7.24. The molecule has 0 fully saturated rings. The van der Waals surface area contributed by atoms with Crippen LogP contribution >= 0.6 is 15.9 Å². The third kappa shape index (κ3) is 4.94. The Labute approximate surface area is 230 Å². The molecule has 3 aromatic carbocycles. The number of amides is 1. The van der Waals surface area contributed by atoms with Gasteiger partial charge in [0.25, 0.3) is 0 Å². The molecule has 0 spiro atoms. The van der Waals surface area contributed by atoms with E-state index in [-0.39, 0.29) is 11.8 Å². The van der Waals surface area contributed by atoms with Crippen molar-refractivity contribution < 1.29 is 4.79 Å². The molecule has 6 rings (SSSR count). The van der Waals surface area contributed by atoms with Gasteiger partial charge in [0.15, 0.2) is 5.65 Å². The number of anilines is 2. The highest BCUT2D eigenvalue weighted by Gasteiger charge is 2.24. The number of fused-ring (bicyclic) bond motifs is 2. The minimum atomic E-state index is -0.00471. The molecule has 0 radical (unpaired) electrons. The van der Waals surface area contributed by atoms with Gasteiger partial charge in [-0.25, -0.2) is 4.98 Å². The predicted octanol–water partition coefficient (Wildman–Crippen LogP) is 6.82. The van der Waals surface area contributed by atoms with Crippen molar-refractivity contribution in [3.63, 3.8) is 0 Å². The number of carbonyl (C=O) groups is 1. The van der Waals surface area contributed by atoms with Crippen LogP contribution in [-0.4, -0.2) is 20.5 Å². The number of aryl methyl sites for hydroxylation is 2. The fraction of sp³-hybridized carbons (Fsp3) is 0.194. The van der Waals surface area contributed by atoms with Gasteiger partial charge in [0.05, 0.1) is 16.4 Å². The summed E-state index contributed by atoms with van der Waals surface area (Å²) >= 11 is 3.58. The lowest BCUT2D eigenvalue weighted by Crippen LogP contribution is -2.28. The van der Waals surface area contributed by atoms with E-state index in [9.17, 15) is 4.79 Å². The first-order valence-electron chi connectivity index (χ1n) is 12.9. The zero-order valence-corrected chi connectivity index (χ0v) is 22.7. The summed E-state index contributed by atoms with van der Waals surface area (Å²) in [6.07, 6.45) is 4.39. The van der Waals surface area contributed by atoms with Crippen molar-refractivity contribution in [1.29, 1.82) is 0 Å². The number of nitrogens with one attached hydrogen (secondary N) is 2. The van der Waals surface area contributed by atoms with Crippen LogP contribution in [0.15, 0.2) is 89.5 Å². The molecular formula is C31H28BrN5O. The molecule has 0 saturated carbocycles. The zero-order valence-electron chi connectivity index (χ0n) is 21.1. The van der Waals surface area contributed by atoms with Gasteiger partial charge in [-0.3, -0.25) is 4.79 Å². The molecule has 2 N–H and O–H groups in total. The summed E-state index contributed by atoms with van der Waals surface area (Å²) in [5, 5.41) is 11.2. The van der Waals surface area contributed by atoms with Gasteiger partial charge in [-0.1, -0.05) is 60.7 Å². The summed E-state index contributed by atoms with van der Waals surface area (Å²) < 4.78 is 2.64. The van der Waals surface area contributed by atoms with Crippen molar-refractivity contribution in [2.24, 2.45) is 5.92 Å². The second kappa shape index (κ2) is 10.4. The Balaban J connectivity index is 1.19. The van der Waals surface area contributed by atoms with E-state index in [1.54, 1.807) is 10.7 Å². The smallest absolute Gasteiger partial charge is 0.227 e. The van der Waals surface area contributed by atoms with Crippen molar-refractivity contribution in [2.45, 2.75) is 32.7 Å². The maximum atomic E-state index is 13.1. The molecule has 1 aliphatic carbocycles. The average molecular weight is 567 g/mol. The van der Waals surface area contributed by atoms with Crippen LogP contribution in [0.1, 0.15) is 28.7 Å². The van der Waals surface area contributed by atoms with Crippen molar-refractivity contribution in [3.8, 4) is 11.3 Å². The number of aromatic nitrogens is 3. The number of carbonyl (C=O) groups excluding carboxylic acids is 1. The minimum absolute atomic E-state index is 0.00471. The number of nitrogens with zero attached hydrogens (tertiary/aromatic N) is 3. The number of rotatable bonds is 6. The topological polar surface area (TPSA) is 71.3 Å². The largest absolute Gasteiger partial charge is 0.366 e. The van der Waals surface area contributed by atoms with E-state index in [0.717, 1.165) is 63.3 Å². The van der Waals surface area contributed by atoms with Crippen LogP contribution < -0.4 is 10.6 Å². The summed E-state index contributed by atoms with van der Waals surface area (Å²) in [5.41, 5.74) is 8.41. The maximum Gasteiger partial charge on any atom is 0.227 e. The average Bonchev–Trinajstić information content (AvgIpc) is 3.32. The summed E-state index contributed by atoms with van der Waals surface area (Å²) in [5.74, 6) is 0.925. The Bertz CT molecular complexity index is 1640. The first-order chi connectivity index (χ1) is 18.5. The molecule has 1 amide bonds. The molecule has 5 aromatic rings. The highest BCUT2D eigenvalue weighted by molar-refractivity contribution is 9.10. The highest BCUT2D eigenvalue weighted by Crippen LogP contribution is 2.29. The zero-order chi connectivity index (χ0) is 26.1. The van der Waals surface area contributed by atoms with Crippen molar-refractivity contribution in [3.05, 3.63) is 112 Å². The van der Waals surface area contributed by atoms with Crippen molar-refractivity contribution in [1.82, 2.24) is 14.6 Å². The van der Waals surface area contributed by atoms with Crippen molar-refractivity contribution in [2.75, 3.05) is 10.6 Å². The molecule has 7 heteroatoms. The summed E-state index contributed by atoms with van der Waals surface area (Å²) in [6, 6.07) is 26.7. The number of hydrogen-bond acceptors (Lipinski definition) is 4. The quantitative estimate of drug-likeness (QED) is 0.237. The molecule has 1 atom stereocenters. The minimum Gasteiger partial charge on any atom is -0.366 e. The van der Waals surface area contributed by atoms with E-state index in [2.05, 4.69) is 81.1 Å². The van der Waals surface area contributed by atoms with Gasteiger partial charge in [-0.2, -0.15) is 9.61 Å². The molecule has 1 aliphatic rings. The number of halogens is 1. The van der Waals surface area contributed by atoms with Crippen LogP contribution in [0.3, 0.4) is 0 Å². The SMILES string of the molecule is Cc1ccccc1-c1cc(NCc2cccc(NC(=O)C3CCc4ccccc4C3)c2)n2ncc(Br)c2n1. The molecule has 190 valence electrons. The second-order valence-electron chi connectivity index (χ2n) is 9.82. The molecule has 2 aromatic heterocycles. The molecule has 6 nitrogen and oxygen atoms in total. The number of benzene rings is 3. The van der Waals surface area contributed by atoms with Crippen LogP contribution in [0.4, 0.5) is 11.5 Å². The molecule has 1 unspecified atom stereocenters. The van der Waals surface area contributed by atoms with Gasteiger partial charge < -0.3 is 10.6 Å². The van der Waals surface area contributed by atoms with Crippen molar-refractivity contribution >= 4 is 39.0 Å². The fourth-order valence-electron chi connectivity index (χ4n) is 5.18. The van der Waals surface area contributed by atoms with Crippen LogP contribution in [-0.2, 0) is 24.2 Å². The standard InChI is InChI=1S/C31H28BrN5O/c1-20-7-2-5-12-26(20)28-17-29(37-30(36-28)27(32)19-34-37)33-18-21-8-6-11-25(15-21)35-31(38)24-14-13-22-9-3-4-10-23(22)16-24/h2-12,15,17,19,24,33H,13-14,16,18H2,1H3,(H,35,38). The van der Waals surface area contributed by atoms with Gasteiger partial charge >= 0.3 is 0 Å². The van der Waals surface area contributed by atoms with Gasteiger partial charge in [0.1, 0.15) is 5.82 Å². The third-order valence-corrected chi connectivity index (χ3v) is 7.79. The summed E-state index contributed by atoms with van der Waals surface area (Å²) in [4.78, 5) is 17.9.